The molecule has 0 saturated carbocycles. The van der Waals surface area contributed by atoms with Crippen LogP contribution in [0.4, 0.5) is 0 Å². The maximum absolute atomic E-state index is 11.1. The summed E-state index contributed by atoms with van der Waals surface area (Å²) < 4.78 is 6.92. The highest BCUT2D eigenvalue weighted by Gasteiger charge is 2.22. The lowest BCUT2D eigenvalue weighted by atomic mass is 10.3. The van der Waals surface area contributed by atoms with Crippen molar-refractivity contribution in [3.63, 3.8) is 0 Å². The van der Waals surface area contributed by atoms with Gasteiger partial charge < -0.3 is 9.64 Å². The van der Waals surface area contributed by atoms with Gasteiger partial charge >= 0.3 is 6.01 Å². The molecule has 0 saturated heterocycles. The second kappa shape index (κ2) is 3.28. The van der Waals surface area contributed by atoms with Crippen molar-refractivity contribution in [2.45, 2.75) is 20.0 Å². The van der Waals surface area contributed by atoms with Crippen molar-refractivity contribution in [2.75, 3.05) is 13.7 Å². The van der Waals surface area contributed by atoms with Crippen LogP contribution in [0.1, 0.15) is 12.7 Å². The first kappa shape index (κ1) is 8.98. The summed E-state index contributed by atoms with van der Waals surface area (Å²) in [4.78, 5) is 12.9. The van der Waals surface area contributed by atoms with Crippen molar-refractivity contribution in [2.24, 2.45) is 0 Å². The van der Waals surface area contributed by atoms with Gasteiger partial charge in [0.1, 0.15) is 0 Å². The Balaban J connectivity index is 2.24. The molecule has 1 aromatic rings. The van der Waals surface area contributed by atoms with Crippen LogP contribution in [0.25, 0.3) is 0 Å². The molecule has 14 heavy (non-hydrogen) atoms. The summed E-state index contributed by atoms with van der Waals surface area (Å²) in [5.41, 5.74) is 0. The van der Waals surface area contributed by atoms with Gasteiger partial charge in [0.2, 0.25) is 5.91 Å². The number of hydrogen-bond donors (Lipinski definition) is 0. The molecule has 6 heteroatoms. The molecule has 0 bridgehead atoms. The maximum Gasteiger partial charge on any atom is 0.316 e. The lowest BCUT2D eigenvalue weighted by Crippen LogP contribution is -2.37. The predicted octanol–water partition coefficient (Wildman–Crippen LogP) is -0.351. The number of methoxy groups -OCH3 is 1. The van der Waals surface area contributed by atoms with Crippen LogP contribution in [0.5, 0.6) is 6.01 Å². The molecule has 0 N–H and O–H groups in total. The standard InChI is InChI=1S/C8H12N4O2/c1-6(13)11-3-4-12-7(5-11)9-10-8(12)14-2/h3-5H2,1-2H3. The Labute approximate surface area is 81.5 Å². The minimum Gasteiger partial charge on any atom is -0.467 e. The molecule has 1 aromatic heterocycles. The minimum atomic E-state index is 0.0678. The van der Waals surface area contributed by atoms with Gasteiger partial charge in [-0.3, -0.25) is 9.36 Å². The highest BCUT2D eigenvalue weighted by atomic mass is 16.5. The Morgan fingerprint density at radius 2 is 2.21 bits per heavy atom. The summed E-state index contributed by atoms with van der Waals surface area (Å²) in [6, 6.07) is 0.517. The molecule has 0 unspecified atom stereocenters. The van der Waals surface area contributed by atoms with Crippen molar-refractivity contribution in [3.8, 4) is 6.01 Å². The molecule has 1 amide bonds. The van der Waals surface area contributed by atoms with Crippen molar-refractivity contribution in [1.82, 2.24) is 19.7 Å². The van der Waals surface area contributed by atoms with Gasteiger partial charge in [0, 0.05) is 20.0 Å². The zero-order chi connectivity index (χ0) is 10.1. The number of carbonyl (C=O) groups excluding carboxylic acids is 1. The van der Waals surface area contributed by atoms with Crippen LogP contribution in [-0.4, -0.2) is 39.2 Å². The second-order valence-electron chi connectivity index (χ2n) is 3.20. The lowest BCUT2D eigenvalue weighted by molar-refractivity contribution is -0.130. The number of hydrogen-bond acceptors (Lipinski definition) is 4. The Kier molecular flexibility index (Phi) is 2.11. The van der Waals surface area contributed by atoms with E-state index in [1.807, 2.05) is 4.57 Å². The van der Waals surface area contributed by atoms with Gasteiger partial charge in [-0.25, -0.2) is 0 Å². The molecule has 6 nitrogen and oxygen atoms in total. The summed E-state index contributed by atoms with van der Waals surface area (Å²) in [6.07, 6.45) is 0. The van der Waals surface area contributed by atoms with Gasteiger partial charge in [0.25, 0.3) is 0 Å². The fraction of sp³-hybridized carbons (Fsp3) is 0.625. The Morgan fingerprint density at radius 3 is 2.86 bits per heavy atom. The van der Waals surface area contributed by atoms with Crippen LogP contribution in [0, 0.1) is 0 Å². The summed E-state index contributed by atoms with van der Waals surface area (Å²) in [5.74, 6) is 0.849. The first-order valence-electron chi connectivity index (χ1n) is 4.44. The zero-order valence-electron chi connectivity index (χ0n) is 8.23. The molecule has 1 aliphatic heterocycles. The predicted molar refractivity (Wildman–Crippen MR) is 47.7 cm³/mol. The highest BCUT2D eigenvalue weighted by molar-refractivity contribution is 5.73. The average molecular weight is 196 g/mol. The summed E-state index contributed by atoms with van der Waals surface area (Å²) >= 11 is 0. The van der Waals surface area contributed by atoms with Crippen molar-refractivity contribution < 1.29 is 9.53 Å². The number of nitrogens with zero attached hydrogens (tertiary/aromatic N) is 4. The summed E-state index contributed by atoms with van der Waals surface area (Å²) in [5, 5.41) is 7.82. The lowest BCUT2D eigenvalue weighted by Gasteiger charge is -2.26. The molecular formula is C8H12N4O2. The number of carbonyl (C=O) groups is 1. The van der Waals surface area contributed by atoms with E-state index in [1.54, 1.807) is 18.9 Å². The fourth-order valence-corrected chi connectivity index (χ4v) is 1.55. The molecule has 2 rings (SSSR count). The summed E-state index contributed by atoms with van der Waals surface area (Å²) in [7, 11) is 1.56. The van der Waals surface area contributed by atoms with Crippen molar-refractivity contribution >= 4 is 5.91 Å². The number of fused-ring (bicyclic) bond motifs is 1. The van der Waals surface area contributed by atoms with Crippen LogP contribution >= 0.6 is 0 Å². The topological polar surface area (TPSA) is 60.3 Å². The third-order valence-corrected chi connectivity index (χ3v) is 2.35. The highest BCUT2D eigenvalue weighted by Crippen LogP contribution is 2.16. The Hall–Kier alpha value is -1.59. The van der Waals surface area contributed by atoms with Gasteiger partial charge in [-0.15, -0.1) is 5.10 Å². The maximum atomic E-state index is 11.1. The first-order valence-corrected chi connectivity index (χ1v) is 4.44. The van der Waals surface area contributed by atoms with Crippen LogP contribution in [0.3, 0.4) is 0 Å². The zero-order valence-corrected chi connectivity index (χ0v) is 8.23. The number of amides is 1. The Bertz CT molecular complexity index is 360. The molecule has 0 fully saturated rings. The van der Waals surface area contributed by atoms with E-state index < -0.39 is 0 Å². The van der Waals surface area contributed by atoms with E-state index in [0.29, 0.717) is 25.6 Å². The molecule has 0 spiro atoms. The van der Waals surface area contributed by atoms with Gasteiger partial charge in [0.05, 0.1) is 13.7 Å². The fourth-order valence-electron chi connectivity index (χ4n) is 1.55. The third kappa shape index (κ3) is 1.32. The van der Waals surface area contributed by atoms with E-state index in [2.05, 4.69) is 10.2 Å². The van der Waals surface area contributed by atoms with E-state index in [1.165, 1.54) is 0 Å². The molecular weight excluding hydrogens is 184 g/mol. The number of aromatic nitrogens is 3. The number of rotatable bonds is 1. The van der Waals surface area contributed by atoms with Gasteiger partial charge in [0.15, 0.2) is 5.82 Å². The minimum absolute atomic E-state index is 0.0678. The largest absolute Gasteiger partial charge is 0.467 e. The monoisotopic (exact) mass is 196 g/mol. The van der Waals surface area contributed by atoms with Gasteiger partial charge in [-0.1, -0.05) is 5.10 Å². The molecule has 0 aromatic carbocycles. The quantitative estimate of drug-likeness (QED) is 0.616. The first-order chi connectivity index (χ1) is 6.72. The van der Waals surface area contributed by atoms with E-state index in [0.717, 1.165) is 5.82 Å². The van der Waals surface area contributed by atoms with Crippen molar-refractivity contribution in [3.05, 3.63) is 5.82 Å². The normalized spacial score (nSPS) is 15.1. The van der Waals surface area contributed by atoms with E-state index >= 15 is 0 Å². The van der Waals surface area contributed by atoms with Gasteiger partial charge in [-0.2, -0.15) is 0 Å². The van der Waals surface area contributed by atoms with Gasteiger partial charge in [-0.05, 0) is 0 Å². The molecule has 76 valence electrons. The second-order valence-corrected chi connectivity index (χ2v) is 3.20. The SMILES string of the molecule is COc1nnc2n1CCN(C(C)=O)C2. The van der Waals surface area contributed by atoms with Crippen LogP contribution in [0.2, 0.25) is 0 Å². The summed E-state index contributed by atoms with van der Waals surface area (Å²) in [6.45, 7) is 3.47. The van der Waals surface area contributed by atoms with Crippen LogP contribution in [0.15, 0.2) is 0 Å². The third-order valence-electron chi connectivity index (χ3n) is 2.35. The molecule has 1 aliphatic rings. The average Bonchev–Trinajstić information content (AvgIpc) is 2.59. The van der Waals surface area contributed by atoms with E-state index in [-0.39, 0.29) is 5.91 Å². The molecule has 0 radical (unpaired) electrons. The van der Waals surface area contributed by atoms with Crippen LogP contribution in [-0.2, 0) is 17.9 Å². The Morgan fingerprint density at radius 1 is 1.43 bits per heavy atom. The molecule has 2 heterocycles. The molecule has 0 aliphatic carbocycles. The number of ether oxygens (including phenoxy) is 1. The smallest absolute Gasteiger partial charge is 0.316 e. The van der Waals surface area contributed by atoms with E-state index in [9.17, 15) is 4.79 Å². The van der Waals surface area contributed by atoms with Crippen molar-refractivity contribution in [1.29, 1.82) is 0 Å². The van der Waals surface area contributed by atoms with E-state index in [4.69, 9.17) is 4.74 Å². The van der Waals surface area contributed by atoms with Crippen LogP contribution < -0.4 is 4.74 Å². The molecule has 0 atom stereocenters.